The molecule has 234 valence electrons. The molecule has 0 spiro atoms. The summed E-state index contributed by atoms with van der Waals surface area (Å²) in [6.07, 6.45) is 3.41. The first kappa shape index (κ1) is 33.6. The Morgan fingerprint density at radius 1 is 0.488 bits per heavy atom. The second-order valence-electron chi connectivity index (χ2n) is 13.0. The van der Waals surface area contributed by atoms with E-state index in [1.807, 2.05) is 0 Å². The van der Waals surface area contributed by atoms with Crippen LogP contribution in [0.1, 0.15) is 81.8 Å². The lowest BCUT2D eigenvalue weighted by atomic mass is 9.82. The molecule has 8 heteroatoms. The third kappa shape index (κ3) is 8.44. The number of piperazine rings is 3. The molecule has 0 saturated carbocycles. The summed E-state index contributed by atoms with van der Waals surface area (Å²) in [5.41, 5.74) is 10.1. The SMILES string of the molecule is CCc1c(CN2CCN(SS)CC2)c(CC)c(CN2CCN(C(C)C)CC2)c(CC)c1CN1CCN(C(C)C)CC1. The summed E-state index contributed by atoms with van der Waals surface area (Å²) >= 11 is 4.47. The summed E-state index contributed by atoms with van der Waals surface area (Å²) in [5, 5.41) is 0. The fourth-order valence-corrected chi connectivity index (χ4v) is 8.28. The largest absolute Gasteiger partial charge is 0.298 e. The summed E-state index contributed by atoms with van der Waals surface area (Å²) in [6.45, 7) is 34.0. The van der Waals surface area contributed by atoms with Gasteiger partial charge in [0, 0.05) is 110 Å². The molecule has 3 fully saturated rings. The van der Waals surface area contributed by atoms with Crippen molar-refractivity contribution in [2.75, 3.05) is 78.5 Å². The molecule has 0 bridgehead atoms. The van der Waals surface area contributed by atoms with Crippen LogP contribution in [0.15, 0.2) is 0 Å². The normalized spacial score (nSPS) is 21.5. The minimum Gasteiger partial charge on any atom is -0.298 e. The molecule has 1 aromatic carbocycles. The average molecular weight is 605 g/mol. The maximum atomic E-state index is 4.47. The van der Waals surface area contributed by atoms with Crippen LogP contribution in [0, 0.1) is 0 Å². The number of nitrogens with zero attached hydrogens (tertiary/aromatic N) is 6. The van der Waals surface area contributed by atoms with Gasteiger partial charge in [-0.15, -0.1) is 0 Å². The van der Waals surface area contributed by atoms with Crippen LogP contribution in [-0.2, 0) is 38.9 Å². The van der Waals surface area contributed by atoms with Gasteiger partial charge in [-0.1, -0.05) is 32.4 Å². The van der Waals surface area contributed by atoms with Crippen molar-refractivity contribution in [3.63, 3.8) is 0 Å². The fourth-order valence-electron chi connectivity index (χ4n) is 7.46. The standard InChI is InChI=1S/C33H60N6S2/c1-8-28-31(23-34-11-17-37(18-12-34)26(4)5)29(9-2)33(25-36-15-21-39(41-40)22-16-36)30(10-3)32(28)24-35-13-19-38(20-14-35)27(6)7/h26-27,40H,8-25H2,1-7H3. The van der Waals surface area contributed by atoms with Crippen LogP contribution in [0.4, 0.5) is 0 Å². The van der Waals surface area contributed by atoms with E-state index in [9.17, 15) is 0 Å². The van der Waals surface area contributed by atoms with Gasteiger partial charge in [0.2, 0.25) is 0 Å². The Morgan fingerprint density at radius 3 is 1.02 bits per heavy atom. The smallest absolute Gasteiger partial charge is 0.0240 e. The molecule has 1 aromatic rings. The van der Waals surface area contributed by atoms with E-state index >= 15 is 0 Å². The lowest BCUT2D eigenvalue weighted by Crippen LogP contribution is -2.49. The number of benzene rings is 1. The topological polar surface area (TPSA) is 19.4 Å². The first-order valence-corrected chi connectivity index (χ1v) is 18.5. The first-order valence-electron chi connectivity index (χ1n) is 16.7. The minimum atomic E-state index is 0.647. The number of hydrogen-bond acceptors (Lipinski definition) is 8. The summed E-state index contributed by atoms with van der Waals surface area (Å²) in [4.78, 5) is 13.5. The van der Waals surface area contributed by atoms with E-state index in [4.69, 9.17) is 0 Å². The Labute approximate surface area is 262 Å². The van der Waals surface area contributed by atoms with Crippen LogP contribution in [0.5, 0.6) is 0 Å². The Balaban J connectivity index is 1.68. The van der Waals surface area contributed by atoms with Crippen LogP contribution < -0.4 is 0 Å². The van der Waals surface area contributed by atoms with Crippen molar-refractivity contribution >= 4 is 22.6 Å². The highest BCUT2D eigenvalue weighted by molar-refractivity contribution is 8.67. The summed E-state index contributed by atoms with van der Waals surface area (Å²) < 4.78 is 2.39. The maximum absolute atomic E-state index is 4.47. The molecule has 3 heterocycles. The van der Waals surface area contributed by atoms with Crippen LogP contribution in [0.2, 0.25) is 0 Å². The minimum absolute atomic E-state index is 0.647. The molecular formula is C33H60N6S2. The Bertz CT molecular complexity index is 887. The van der Waals surface area contributed by atoms with Crippen LogP contribution >= 0.6 is 22.6 Å². The molecule has 41 heavy (non-hydrogen) atoms. The van der Waals surface area contributed by atoms with Gasteiger partial charge in [-0.25, -0.2) is 4.31 Å². The Hall–Kier alpha value is -0.320. The van der Waals surface area contributed by atoms with E-state index in [2.05, 4.69) is 88.9 Å². The van der Waals surface area contributed by atoms with Gasteiger partial charge in [-0.3, -0.25) is 24.5 Å². The molecule has 0 N–H and O–H groups in total. The lowest BCUT2D eigenvalue weighted by molar-refractivity contribution is 0.102. The predicted octanol–water partition coefficient (Wildman–Crippen LogP) is 5.04. The van der Waals surface area contributed by atoms with Gasteiger partial charge >= 0.3 is 0 Å². The fraction of sp³-hybridized carbons (Fsp3) is 0.818. The van der Waals surface area contributed by atoms with E-state index in [1.165, 1.54) is 52.4 Å². The van der Waals surface area contributed by atoms with Crippen molar-refractivity contribution in [3.8, 4) is 0 Å². The maximum Gasteiger partial charge on any atom is 0.0240 e. The highest BCUT2D eigenvalue weighted by Crippen LogP contribution is 2.34. The van der Waals surface area contributed by atoms with Gasteiger partial charge in [0.05, 0.1) is 0 Å². The van der Waals surface area contributed by atoms with E-state index in [1.54, 1.807) is 44.4 Å². The second kappa shape index (κ2) is 16.1. The van der Waals surface area contributed by atoms with Crippen molar-refractivity contribution in [2.45, 2.75) is 99.4 Å². The van der Waals surface area contributed by atoms with E-state index in [0.29, 0.717) is 12.1 Å². The number of rotatable bonds is 12. The molecule has 4 rings (SSSR count). The molecule has 3 saturated heterocycles. The zero-order valence-corrected chi connectivity index (χ0v) is 29.1. The number of hydrogen-bond donors (Lipinski definition) is 1. The van der Waals surface area contributed by atoms with E-state index < -0.39 is 0 Å². The average Bonchev–Trinajstić information content (AvgIpc) is 2.98. The molecule has 3 aliphatic rings. The molecule has 0 unspecified atom stereocenters. The van der Waals surface area contributed by atoms with Crippen molar-refractivity contribution in [1.29, 1.82) is 0 Å². The predicted molar refractivity (Wildman–Crippen MR) is 182 cm³/mol. The van der Waals surface area contributed by atoms with Gasteiger partial charge in [-0.05, 0) is 91.3 Å². The molecule has 0 amide bonds. The van der Waals surface area contributed by atoms with Crippen molar-refractivity contribution in [2.24, 2.45) is 0 Å². The monoisotopic (exact) mass is 604 g/mol. The van der Waals surface area contributed by atoms with E-state index in [-0.39, 0.29) is 0 Å². The van der Waals surface area contributed by atoms with Crippen LogP contribution in [0.3, 0.4) is 0 Å². The van der Waals surface area contributed by atoms with Gasteiger partial charge < -0.3 is 0 Å². The summed E-state index contributed by atoms with van der Waals surface area (Å²) in [6, 6.07) is 1.29. The first-order chi connectivity index (χ1) is 19.8. The van der Waals surface area contributed by atoms with Crippen LogP contribution in [0.25, 0.3) is 0 Å². The van der Waals surface area contributed by atoms with Gasteiger partial charge in [0.25, 0.3) is 0 Å². The van der Waals surface area contributed by atoms with Crippen molar-refractivity contribution < 1.29 is 0 Å². The summed E-state index contributed by atoms with van der Waals surface area (Å²) in [5.74, 6) is 0. The zero-order chi connectivity index (χ0) is 29.5. The Morgan fingerprint density at radius 2 is 0.780 bits per heavy atom. The quantitative estimate of drug-likeness (QED) is 0.202. The molecule has 0 atom stereocenters. The Kier molecular flexibility index (Phi) is 13.2. The van der Waals surface area contributed by atoms with E-state index in [0.717, 1.165) is 65.1 Å². The third-order valence-corrected chi connectivity index (χ3v) is 11.4. The molecule has 3 aliphatic heterocycles. The highest BCUT2D eigenvalue weighted by Gasteiger charge is 2.28. The summed E-state index contributed by atoms with van der Waals surface area (Å²) in [7, 11) is 1.60. The molecular weight excluding hydrogens is 545 g/mol. The molecule has 0 aliphatic carbocycles. The lowest BCUT2D eigenvalue weighted by Gasteiger charge is -2.40. The third-order valence-electron chi connectivity index (χ3n) is 10.1. The van der Waals surface area contributed by atoms with Crippen molar-refractivity contribution in [1.82, 2.24) is 28.8 Å². The van der Waals surface area contributed by atoms with Crippen molar-refractivity contribution in [3.05, 3.63) is 33.4 Å². The molecule has 6 nitrogen and oxygen atoms in total. The highest BCUT2D eigenvalue weighted by atomic mass is 33.1. The van der Waals surface area contributed by atoms with Gasteiger partial charge in [0.1, 0.15) is 0 Å². The van der Waals surface area contributed by atoms with Crippen LogP contribution in [-0.4, -0.2) is 119 Å². The van der Waals surface area contributed by atoms with Gasteiger partial charge in [-0.2, -0.15) is 0 Å². The molecule has 0 radical (unpaired) electrons. The van der Waals surface area contributed by atoms with Gasteiger partial charge in [0.15, 0.2) is 0 Å². The number of thiol groups is 1. The zero-order valence-electron chi connectivity index (χ0n) is 27.4. The molecule has 0 aromatic heterocycles. The second-order valence-corrected chi connectivity index (χ2v) is 14.2.